The molecule has 0 unspecified atom stereocenters. The van der Waals surface area contributed by atoms with Crippen LogP contribution >= 0.6 is 23.4 Å². The summed E-state index contributed by atoms with van der Waals surface area (Å²) in [4.78, 5) is 12.4. The molecule has 1 amide bonds. The number of benzene rings is 3. The van der Waals surface area contributed by atoms with Crippen molar-refractivity contribution < 1.29 is 17.6 Å². The van der Waals surface area contributed by atoms with Crippen LogP contribution < -0.4 is 9.62 Å². The van der Waals surface area contributed by atoms with Crippen molar-refractivity contribution >= 4 is 45.0 Å². The molecule has 0 fully saturated rings. The van der Waals surface area contributed by atoms with E-state index in [0.29, 0.717) is 39.9 Å². The first-order valence-corrected chi connectivity index (χ1v) is 13.5. The fourth-order valence-corrected chi connectivity index (χ4v) is 4.93. The molecule has 174 valence electrons. The van der Waals surface area contributed by atoms with Crippen LogP contribution in [0.1, 0.15) is 21.5 Å². The Morgan fingerprint density at radius 1 is 1.03 bits per heavy atom. The molecular weight excluding hydrogens is 483 g/mol. The number of carbonyl (C=O) groups excluding carboxylic acids is 1. The van der Waals surface area contributed by atoms with Gasteiger partial charge in [-0.05, 0) is 53.6 Å². The first kappa shape index (κ1) is 25.1. The SMILES string of the molecule is CS(=O)(=O)N(Cc1ccc(Cl)cc1)c1ccc(C(=O)NCCSCc2ccccc2F)cc1. The molecule has 0 radical (unpaired) electrons. The first-order chi connectivity index (χ1) is 15.7. The van der Waals surface area contributed by atoms with E-state index in [0.717, 1.165) is 11.8 Å². The minimum atomic E-state index is -3.54. The average molecular weight is 507 g/mol. The highest BCUT2D eigenvalue weighted by molar-refractivity contribution is 7.98. The van der Waals surface area contributed by atoms with Gasteiger partial charge in [0.2, 0.25) is 10.0 Å². The largest absolute Gasteiger partial charge is 0.351 e. The number of carbonyl (C=O) groups is 1. The van der Waals surface area contributed by atoms with E-state index in [1.54, 1.807) is 66.7 Å². The third-order valence-electron chi connectivity index (χ3n) is 4.80. The molecule has 0 heterocycles. The maximum atomic E-state index is 13.6. The van der Waals surface area contributed by atoms with Crippen molar-refractivity contribution in [3.63, 3.8) is 0 Å². The van der Waals surface area contributed by atoms with Gasteiger partial charge in [-0.1, -0.05) is 41.9 Å². The predicted molar refractivity (Wildman–Crippen MR) is 134 cm³/mol. The zero-order valence-electron chi connectivity index (χ0n) is 18.0. The normalized spacial score (nSPS) is 11.2. The van der Waals surface area contributed by atoms with Crippen molar-refractivity contribution in [2.24, 2.45) is 0 Å². The average Bonchev–Trinajstić information content (AvgIpc) is 2.79. The Morgan fingerprint density at radius 3 is 2.33 bits per heavy atom. The number of rotatable bonds is 10. The van der Waals surface area contributed by atoms with Gasteiger partial charge < -0.3 is 5.32 Å². The van der Waals surface area contributed by atoms with Crippen molar-refractivity contribution in [2.45, 2.75) is 12.3 Å². The summed E-state index contributed by atoms with van der Waals surface area (Å²) in [5, 5.41) is 3.40. The molecule has 0 aliphatic heterocycles. The smallest absolute Gasteiger partial charge is 0.251 e. The van der Waals surface area contributed by atoms with E-state index < -0.39 is 10.0 Å². The molecule has 33 heavy (non-hydrogen) atoms. The number of nitrogens with zero attached hydrogens (tertiary/aromatic N) is 1. The Kier molecular flexibility index (Phi) is 8.77. The highest BCUT2D eigenvalue weighted by Gasteiger charge is 2.18. The summed E-state index contributed by atoms with van der Waals surface area (Å²) < 4.78 is 39.6. The van der Waals surface area contributed by atoms with Gasteiger partial charge in [0, 0.05) is 28.6 Å². The van der Waals surface area contributed by atoms with Crippen LogP contribution in [0.4, 0.5) is 10.1 Å². The summed E-state index contributed by atoms with van der Waals surface area (Å²) in [6.07, 6.45) is 1.14. The zero-order valence-corrected chi connectivity index (χ0v) is 20.4. The first-order valence-electron chi connectivity index (χ1n) is 10.2. The van der Waals surface area contributed by atoms with Crippen LogP contribution in [0.5, 0.6) is 0 Å². The van der Waals surface area contributed by atoms with Gasteiger partial charge in [0.15, 0.2) is 0 Å². The standard InChI is InChI=1S/C24H24ClFN2O3S2/c1-33(30,31)28(16-18-6-10-21(25)11-7-18)22-12-8-19(9-13-22)24(29)27-14-15-32-17-20-4-2-3-5-23(20)26/h2-13H,14-17H2,1H3,(H,27,29). The molecule has 0 atom stereocenters. The lowest BCUT2D eigenvalue weighted by molar-refractivity contribution is 0.0956. The van der Waals surface area contributed by atoms with Crippen molar-refractivity contribution in [1.29, 1.82) is 0 Å². The van der Waals surface area contributed by atoms with E-state index in [9.17, 15) is 17.6 Å². The van der Waals surface area contributed by atoms with Gasteiger partial charge >= 0.3 is 0 Å². The number of hydrogen-bond donors (Lipinski definition) is 1. The van der Waals surface area contributed by atoms with Gasteiger partial charge in [-0.3, -0.25) is 9.10 Å². The van der Waals surface area contributed by atoms with E-state index in [4.69, 9.17) is 11.6 Å². The lowest BCUT2D eigenvalue weighted by atomic mass is 10.2. The monoisotopic (exact) mass is 506 g/mol. The summed E-state index contributed by atoms with van der Waals surface area (Å²) in [6, 6.07) is 20.0. The third-order valence-corrected chi connectivity index (χ3v) is 7.21. The number of anilines is 1. The molecular formula is C24H24ClFN2O3S2. The summed E-state index contributed by atoms with van der Waals surface area (Å²) in [5.41, 5.74) is 2.32. The van der Waals surface area contributed by atoms with Crippen LogP contribution in [-0.2, 0) is 22.3 Å². The van der Waals surface area contributed by atoms with Crippen molar-refractivity contribution in [3.8, 4) is 0 Å². The van der Waals surface area contributed by atoms with Crippen LogP contribution in [0, 0.1) is 5.82 Å². The second-order valence-electron chi connectivity index (χ2n) is 7.34. The second-order valence-corrected chi connectivity index (χ2v) is 10.8. The van der Waals surface area contributed by atoms with Crippen LogP contribution in [0.25, 0.3) is 0 Å². The van der Waals surface area contributed by atoms with E-state index in [-0.39, 0.29) is 18.3 Å². The zero-order chi connectivity index (χ0) is 23.8. The van der Waals surface area contributed by atoms with Gasteiger partial charge in [0.05, 0.1) is 18.5 Å². The lowest BCUT2D eigenvalue weighted by Crippen LogP contribution is -2.29. The number of hydrogen-bond acceptors (Lipinski definition) is 4. The van der Waals surface area contributed by atoms with Gasteiger partial charge in [-0.15, -0.1) is 0 Å². The van der Waals surface area contributed by atoms with Crippen LogP contribution in [-0.4, -0.2) is 32.9 Å². The van der Waals surface area contributed by atoms with Gasteiger partial charge in [-0.2, -0.15) is 11.8 Å². The Bertz CT molecular complexity index is 1190. The van der Waals surface area contributed by atoms with E-state index in [2.05, 4.69) is 5.32 Å². The fraction of sp³-hybridized carbons (Fsp3) is 0.208. The predicted octanol–water partition coefficient (Wildman–Crippen LogP) is 5.11. The molecule has 1 N–H and O–H groups in total. The number of sulfonamides is 1. The highest BCUT2D eigenvalue weighted by Crippen LogP contribution is 2.22. The quantitative estimate of drug-likeness (QED) is 0.388. The van der Waals surface area contributed by atoms with Crippen LogP contribution in [0.15, 0.2) is 72.8 Å². The summed E-state index contributed by atoms with van der Waals surface area (Å²) in [6.45, 7) is 0.590. The molecule has 3 aromatic carbocycles. The van der Waals surface area contributed by atoms with Crippen LogP contribution in [0.2, 0.25) is 5.02 Å². The maximum Gasteiger partial charge on any atom is 0.251 e. The molecule has 0 aliphatic rings. The van der Waals surface area contributed by atoms with E-state index in [1.807, 2.05) is 0 Å². The summed E-state index contributed by atoms with van der Waals surface area (Å²) >= 11 is 7.44. The molecule has 0 aliphatic carbocycles. The Hall–Kier alpha value is -2.55. The Morgan fingerprint density at radius 2 is 1.70 bits per heavy atom. The fourth-order valence-electron chi connectivity index (χ4n) is 3.07. The van der Waals surface area contributed by atoms with Crippen LogP contribution in [0.3, 0.4) is 0 Å². The third kappa shape index (κ3) is 7.48. The number of thioether (sulfide) groups is 1. The molecule has 5 nitrogen and oxygen atoms in total. The van der Waals surface area contributed by atoms with E-state index in [1.165, 1.54) is 22.1 Å². The summed E-state index contributed by atoms with van der Waals surface area (Å²) in [7, 11) is -3.54. The molecule has 0 bridgehead atoms. The van der Waals surface area contributed by atoms with Crippen molar-refractivity contribution in [3.05, 3.63) is 100 Å². The molecule has 0 saturated carbocycles. The van der Waals surface area contributed by atoms with Crippen molar-refractivity contribution in [1.82, 2.24) is 5.32 Å². The molecule has 0 saturated heterocycles. The van der Waals surface area contributed by atoms with Gasteiger partial charge in [-0.25, -0.2) is 12.8 Å². The molecule has 9 heteroatoms. The number of nitrogens with one attached hydrogen (secondary N) is 1. The minimum absolute atomic E-state index is 0.154. The topological polar surface area (TPSA) is 66.5 Å². The highest BCUT2D eigenvalue weighted by atomic mass is 35.5. The second kappa shape index (κ2) is 11.5. The molecule has 0 spiro atoms. The van der Waals surface area contributed by atoms with Crippen molar-refractivity contribution in [2.75, 3.05) is 22.9 Å². The molecule has 3 aromatic rings. The maximum absolute atomic E-state index is 13.6. The lowest BCUT2D eigenvalue weighted by Gasteiger charge is -2.22. The Balaban J connectivity index is 1.55. The minimum Gasteiger partial charge on any atom is -0.351 e. The number of halogens is 2. The van der Waals surface area contributed by atoms with Gasteiger partial charge in [0.1, 0.15) is 5.82 Å². The van der Waals surface area contributed by atoms with Gasteiger partial charge in [0.25, 0.3) is 5.91 Å². The number of amides is 1. The molecule has 0 aromatic heterocycles. The Labute approximate surface area is 203 Å². The van der Waals surface area contributed by atoms with E-state index >= 15 is 0 Å². The molecule has 3 rings (SSSR count). The summed E-state index contributed by atoms with van der Waals surface area (Å²) in [5.74, 6) is 0.692.